The molecule has 0 aliphatic heterocycles. The zero-order valence-electron chi connectivity index (χ0n) is 61.6. The topological polar surface area (TPSA) is 237 Å². The summed E-state index contributed by atoms with van der Waals surface area (Å²) in [6.45, 7) is 4.95. The van der Waals surface area contributed by atoms with Crippen LogP contribution in [0.5, 0.6) is 0 Å². The smallest absolute Gasteiger partial charge is 0.462 e. The molecular formula is C76H148O17P2. The quantitative estimate of drug-likeness (QED) is 0.0222. The fraction of sp³-hybridized carbons (Fsp3) is 0.947. The summed E-state index contributed by atoms with van der Waals surface area (Å²) in [4.78, 5) is 72.7. The lowest BCUT2D eigenvalue weighted by Crippen LogP contribution is -2.30. The Morgan fingerprint density at radius 2 is 0.421 bits per heavy atom. The minimum absolute atomic E-state index is 0.107. The average molecular weight is 1400 g/mol. The normalized spacial score (nSPS) is 13.9. The van der Waals surface area contributed by atoms with Gasteiger partial charge in [-0.3, -0.25) is 37.3 Å². The van der Waals surface area contributed by atoms with Crippen molar-refractivity contribution in [2.45, 2.75) is 425 Å². The van der Waals surface area contributed by atoms with Crippen molar-refractivity contribution in [1.29, 1.82) is 0 Å². The van der Waals surface area contributed by atoms with E-state index in [4.69, 9.17) is 37.0 Å². The highest BCUT2D eigenvalue weighted by Gasteiger charge is 2.30. The summed E-state index contributed by atoms with van der Waals surface area (Å²) in [7, 11) is -9.90. The lowest BCUT2D eigenvalue weighted by atomic mass is 10.0. The lowest BCUT2D eigenvalue weighted by molar-refractivity contribution is -0.161. The van der Waals surface area contributed by atoms with Crippen molar-refractivity contribution in [1.82, 2.24) is 0 Å². The summed E-state index contributed by atoms with van der Waals surface area (Å²) in [6, 6.07) is 0. The van der Waals surface area contributed by atoms with E-state index in [1.165, 1.54) is 231 Å². The van der Waals surface area contributed by atoms with E-state index in [1.54, 1.807) is 0 Å². The van der Waals surface area contributed by atoms with Crippen LogP contribution in [-0.4, -0.2) is 96.7 Å². The van der Waals surface area contributed by atoms with Crippen molar-refractivity contribution in [2.75, 3.05) is 39.6 Å². The molecule has 0 radical (unpaired) electrons. The van der Waals surface area contributed by atoms with Crippen molar-refractivity contribution in [3.05, 3.63) is 0 Å². The predicted molar refractivity (Wildman–Crippen MR) is 386 cm³/mol. The van der Waals surface area contributed by atoms with Gasteiger partial charge in [0.25, 0.3) is 0 Å². The van der Waals surface area contributed by atoms with Crippen molar-refractivity contribution in [2.24, 2.45) is 0 Å². The molecule has 0 rings (SSSR count). The number of ether oxygens (including phenoxy) is 4. The van der Waals surface area contributed by atoms with Gasteiger partial charge in [0.1, 0.15) is 19.3 Å². The third kappa shape index (κ3) is 70.3. The summed E-state index contributed by atoms with van der Waals surface area (Å²) in [6.07, 6.45) is 61.2. The first-order chi connectivity index (χ1) is 46.2. The van der Waals surface area contributed by atoms with Crippen molar-refractivity contribution in [3.63, 3.8) is 0 Å². The molecule has 0 saturated carbocycles. The second-order valence-electron chi connectivity index (χ2n) is 27.4. The number of hydrogen-bond donors (Lipinski definition) is 3. The molecular weight excluding hydrogens is 1250 g/mol. The molecule has 5 atom stereocenters. The Labute approximate surface area is 581 Å². The third-order valence-electron chi connectivity index (χ3n) is 17.9. The second-order valence-corrected chi connectivity index (χ2v) is 30.3. The Kier molecular flexibility index (Phi) is 69.1. The maximum absolute atomic E-state index is 13.1. The van der Waals surface area contributed by atoms with Crippen LogP contribution < -0.4 is 0 Å². The lowest BCUT2D eigenvalue weighted by Gasteiger charge is -2.21. The zero-order valence-corrected chi connectivity index (χ0v) is 63.4. The molecule has 0 aromatic rings. The minimum atomic E-state index is -4.96. The molecule has 2 unspecified atom stereocenters. The molecule has 0 aliphatic rings. The van der Waals surface area contributed by atoms with E-state index in [-0.39, 0.29) is 25.7 Å². The summed E-state index contributed by atoms with van der Waals surface area (Å²) < 4.78 is 68.4. The van der Waals surface area contributed by atoms with E-state index in [0.717, 1.165) is 96.3 Å². The van der Waals surface area contributed by atoms with Crippen LogP contribution in [0.2, 0.25) is 0 Å². The standard InChI is InChI=1S/C76H148O17P2/c1-5-9-13-17-21-25-28-30-32-34-36-38-40-42-44-47-51-55-59-63-76(81)93-72(67-87-74(79)61-57-53-49-46-43-41-39-37-35-33-31-29-26-22-18-14-10-6-2)69-91-95(84,85)89-65-70(77)64-88-94(82,83)90-68-71(66-86-73(78)60-56-52-48-24-20-16-12-8-4)92-75(80)62-58-54-50-45-27-23-19-15-11-7-3/h70-72,77H,5-69H2,1-4H3,(H,82,83)(H,84,85)/t70-,71+,72+/m0/s1. The van der Waals surface area contributed by atoms with Crippen molar-refractivity contribution >= 4 is 39.5 Å². The van der Waals surface area contributed by atoms with E-state index >= 15 is 0 Å². The van der Waals surface area contributed by atoms with Gasteiger partial charge in [0.2, 0.25) is 0 Å². The van der Waals surface area contributed by atoms with E-state index < -0.39 is 97.5 Å². The zero-order chi connectivity index (χ0) is 69.7. The maximum atomic E-state index is 13.1. The Bertz CT molecular complexity index is 1810. The highest BCUT2D eigenvalue weighted by atomic mass is 31.2. The summed E-state index contributed by atoms with van der Waals surface area (Å²) >= 11 is 0. The molecule has 19 heteroatoms. The minimum Gasteiger partial charge on any atom is -0.462 e. The van der Waals surface area contributed by atoms with Crippen LogP contribution in [-0.2, 0) is 65.4 Å². The number of aliphatic hydroxyl groups excluding tert-OH is 1. The maximum Gasteiger partial charge on any atom is 0.472 e. The van der Waals surface area contributed by atoms with Gasteiger partial charge in [0.05, 0.1) is 26.4 Å². The van der Waals surface area contributed by atoms with E-state index in [9.17, 15) is 43.2 Å². The molecule has 3 N–H and O–H groups in total. The Balaban J connectivity index is 5.17. The fourth-order valence-electron chi connectivity index (χ4n) is 11.8. The molecule has 0 heterocycles. The van der Waals surface area contributed by atoms with Gasteiger partial charge in [-0.25, -0.2) is 9.13 Å². The first kappa shape index (κ1) is 93.1. The number of rotatable bonds is 77. The summed E-state index contributed by atoms with van der Waals surface area (Å²) in [5, 5.41) is 10.6. The summed E-state index contributed by atoms with van der Waals surface area (Å²) in [5.74, 6) is -2.12. The SMILES string of the molecule is CCCCCCCCCCCCCCCCCCCCCC(=O)O[C@H](COC(=O)CCCCCCCCCCCCCCCCCCCC)COP(=O)(O)OC[C@@H](O)COP(=O)(O)OC[C@@H](COC(=O)CCCCCCCCCC)OC(=O)CCCCCCCCCCCC. The second kappa shape index (κ2) is 70.5. The molecule has 0 aromatic heterocycles. The molecule has 0 bridgehead atoms. The molecule has 0 fully saturated rings. The monoisotopic (exact) mass is 1400 g/mol. The van der Waals surface area contributed by atoms with Crippen LogP contribution in [0.25, 0.3) is 0 Å². The van der Waals surface area contributed by atoms with Crippen LogP contribution in [0, 0.1) is 0 Å². The van der Waals surface area contributed by atoms with Crippen molar-refractivity contribution in [3.8, 4) is 0 Å². The first-order valence-electron chi connectivity index (χ1n) is 39.8. The van der Waals surface area contributed by atoms with E-state index in [0.29, 0.717) is 25.7 Å². The highest BCUT2D eigenvalue weighted by molar-refractivity contribution is 7.47. The van der Waals surface area contributed by atoms with Gasteiger partial charge < -0.3 is 33.8 Å². The average Bonchev–Trinajstić information content (AvgIpc) is 2.35. The van der Waals surface area contributed by atoms with E-state index in [1.807, 2.05) is 0 Å². The predicted octanol–water partition coefficient (Wildman–Crippen LogP) is 22.6. The van der Waals surface area contributed by atoms with Gasteiger partial charge in [-0.1, -0.05) is 355 Å². The number of phosphoric ester groups is 2. The van der Waals surface area contributed by atoms with Crippen LogP contribution in [0.15, 0.2) is 0 Å². The van der Waals surface area contributed by atoms with Crippen molar-refractivity contribution < 1.29 is 80.2 Å². The number of phosphoric acid groups is 2. The number of unbranched alkanes of at least 4 members (excludes halogenated alkanes) is 51. The third-order valence-corrected chi connectivity index (χ3v) is 19.8. The molecule has 0 spiro atoms. The van der Waals surface area contributed by atoms with Gasteiger partial charge >= 0.3 is 39.5 Å². The fourth-order valence-corrected chi connectivity index (χ4v) is 13.3. The largest absolute Gasteiger partial charge is 0.472 e. The number of esters is 4. The number of carbonyl (C=O) groups is 4. The highest BCUT2D eigenvalue weighted by Crippen LogP contribution is 2.45. The number of carbonyl (C=O) groups excluding carboxylic acids is 4. The Hall–Kier alpha value is -1.94. The molecule has 0 aromatic carbocycles. The van der Waals surface area contributed by atoms with Crippen LogP contribution in [0.4, 0.5) is 0 Å². The van der Waals surface area contributed by atoms with Gasteiger partial charge in [-0.05, 0) is 25.7 Å². The molecule has 0 saturated heterocycles. The Morgan fingerprint density at radius 1 is 0.253 bits per heavy atom. The molecule has 17 nitrogen and oxygen atoms in total. The summed E-state index contributed by atoms with van der Waals surface area (Å²) in [5.41, 5.74) is 0. The van der Waals surface area contributed by atoms with Crippen LogP contribution in [0.1, 0.15) is 407 Å². The van der Waals surface area contributed by atoms with Crippen LogP contribution >= 0.6 is 15.6 Å². The molecule has 0 aliphatic carbocycles. The van der Waals surface area contributed by atoms with Gasteiger partial charge in [0, 0.05) is 25.7 Å². The Morgan fingerprint density at radius 3 is 0.621 bits per heavy atom. The van der Waals surface area contributed by atoms with Gasteiger partial charge in [-0.2, -0.15) is 0 Å². The molecule has 95 heavy (non-hydrogen) atoms. The van der Waals surface area contributed by atoms with Gasteiger partial charge in [0.15, 0.2) is 12.2 Å². The molecule has 564 valence electrons. The number of aliphatic hydroxyl groups is 1. The number of hydrogen-bond acceptors (Lipinski definition) is 15. The molecule has 0 amide bonds. The van der Waals surface area contributed by atoms with Gasteiger partial charge in [-0.15, -0.1) is 0 Å². The van der Waals surface area contributed by atoms with Crippen LogP contribution in [0.3, 0.4) is 0 Å². The van der Waals surface area contributed by atoms with E-state index in [2.05, 4.69) is 27.7 Å². The first-order valence-corrected chi connectivity index (χ1v) is 42.8.